The van der Waals surface area contributed by atoms with Crippen molar-refractivity contribution in [2.75, 3.05) is 6.61 Å². The van der Waals surface area contributed by atoms with E-state index in [1.807, 2.05) is 0 Å². The second kappa shape index (κ2) is 5.39. The molecule has 0 aliphatic rings. The first-order valence-corrected chi connectivity index (χ1v) is 7.52. The Bertz CT molecular complexity index is 689. The van der Waals surface area contributed by atoms with Gasteiger partial charge in [0.15, 0.2) is 0 Å². The summed E-state index contributed by atoms with van der Waals surface area (Å²) < 4.78 is 33.9. The fraction of sp³-hybridized carbons (Fsp3) is 0.417. The van der Waals surface area contributed by atoms with Crippen molar-refractivity contribution in [3.05, 3.63) is 35.5 Å². The highest BCUT2D eigenvalue weighted by molar-refractivity contribution is 7.89. The molecule has 0 amide bonds. The van der Waals surface area contributed by atoms with Crippen LogP contribution < -0.4 is 4.72 Å². The van der Waals surface area contributed by atoms with Crippen molar-refractivity contribution in [1.82, 2.24) is 14.5 Å². The summed E-state index contributed by atoms with van der Waals surface area (Å²) in [5.74, 6) is 0.357. The zero-order valence-electron chi connectivity index (χ0n) is 11.5. The highest BCUT2D eigenvalue weighted by Crippen LogP contribution is 2.22. The number of hydrogen-bond donors (Lipinski definition) is 2. The lowest BCUT2D eigenvalue weighted by Crippen LogP contribution is -2.31. The van der Waals surface area contributed by atoms with Gasteiger partial charge in [0, 0.05) is 7.05 Å². The van der Waals surface area contributed by atoms with Crippen molar-refractivity contribution in [3.63, 3.8) is 0 Å². The molecule has 0 bridgehead atoms. The lowest BCUT2D eigenvalue weighted by atomic mass is 10.2. The molecule has 20 heavy (non-hydrogen) atoms. The molecule has 0 spiro atoms. The van der Waals surface area contributed by atoms with E-state index in [1.54, 1.807) is 33.0 Å². The van der Waals surface area contributed by atoms with Crippen LogP contribution in [-0.2, 0) is 17.1 Å². The van der Waals surface area contributed by atoms with E-state index in [2.05, 4.69) is 9.82 Å². The molecule has 2 heterocycles. The Kier molecular flexibility index (Phi) is 3.98. The number of sulfonamides is 1. The number of hydrogen-bond acceptors (Lipinski definition) is 5. The van der Waals surface area contributed by atoms with Crippen LogP contribution in [0, 0.1) is 13.8 Å². The molecule has 2 aromatic rings. The molecule has 2 aromatic heterocycles. The molecule has 2 N–H and O–H groups in total. The van der Waals surface area contributed by atoms with Crippen LogP contribution in [-0.4, -0.2) is 29.9 Å². The Morgan fingerprint density at radius 2 is 2.20 bits per heavy atom. The van der Waals surface area contributed by atoms with Gasteiger partial charge in [-0.1, -0.05) is 0 Å². The van der Waals surface area contributed by atoms with E-state index in [0.29, 0.717) is 17.1 Å². The lowest BCUT2D eigenvalue weighted by molar-refractivity contribution is 0.242. The Balaban J connectivity index is 2.36. The molecule has 8 heteroatoms. The number of aliphatic hydroxyl groups is 1. The largest absolute Gasteiger partial charge is 0.468 e. The van der Waals surface area contributed by atoms with Gasteiger partial charge in [0.1, 0.15) is 16.7 Å². The van der Waals surface area contributed by atoms with Crippen molar-refractivity contribution in [2.24, 2.45) is 7.05 Å². The highest BCUT2D eigenvalue weighted by atomic mass is 32.2. The van der Waals surface area contributed by atoms with Gasteiger partial charge in [0.05, 0.1) is 24.3 Å². The highest BCUT2D eigenvalue weighted by Gasteiger charge is 2.28. The maximum absolute atomic E-state index is 12.4. The molecule has 0 aromatic carbocycles. The number of aryl methyl sites for hydroxylation is 2. The van der Waals surface area contributed by atoms with Crippen molar-refractivity contribution < 1.29 is 17.9 Å². The summed E-state index contributed by atoms with van der Waals surface area (Å²) in [6, 6.07) is 2.41. The van der Waals surface area contributed by atoms with E-state index in [-0.39, 0.29) is 4.90 Å². The molecular formula is C12H17N3O4S. The molecule has 0 saturated carbocycles. The average Bonchev–Trinajstić information content (AvgIpc) is 2.96. The SMILES string of the molecule is Cc1nn(C)c(C)c1S(=O)(=O)NC(CO)c1ccco1. The zero-order chi connectivity index (χ0) is 14.9. The number of aliphatic hydroxyl groups excluding tert-OH is 1. The maximum Gasteiger partial charge on any atom is 0.244 e. The first-order chi connectivity index (χ1) is 9.36. The molecule has 110 valence electrons. The summed E-state index contributed by atoms with van der Waals surface area (Å²) in [7, 11) is -2.11. The van der Waals surface area contributed by atoms with Crippen molar-refractivity contribution in [2.45, 2.75) is 24.8 Å². The van der Waals surface area contributed by atoms with Crippen molar-refractivity contribution in [1.29, 1.82) is 0 Å². The number of aromatic nitrogens is 2. The summed E-state index contributed by atoms with van der Waals surface area (Å²) in [6.07, 6.45) is 1.42. The van der Waals surface area contributed by atoms with Gasteiger partial charge < -0.3 is 9.52 Å². The minimum absolute atomic E-state index is 0.130. The van der Waals surface area contributed by atoms with E-state index >= 15 is 0 Å². The molecule has 1 atom stereocenters. The molecule has 1 unspecified atom stereocenters. The van der Waals surface area contributed by atoms with Gasteiger partial charge in [-0.3, -0.25) is 4.68 Å². The van der Waals surface area contributed by atoms with Gasteiger partial charge >= 0.3 is 0 Å². The van der Waals surface area contributed by atoms with Crippen LogP contribution >= 0.6 is 0 Å². The Hall–Kier alpha value is -1.64. The van der Waals surface area contributed by atoms with E-state index in [0.717, 1.165) is 0 Å². The second-order valence-corrected chi connectivity index (χ2v) is 6.15. The minimum Gasteiger partial charge on any atom is -0.468 e. The summed E-state index contributed by atoms with van der Waals surface area (Å²) in [4.78, 5) is 0.130. The van der Waals surface area contributed by atoms with Crippen LogP contribution in [0.25, 0.3) is 0 Å². The van der Waals surface area contributed by atoms with Gasteiger partial charge in [0.25, 0.3) is 0 Å². The van der Waals surface area contributed by atoms with Gasteiger partial charge in [0.2, 0.25) is 10.0 Å². The maximum atomic E-state index is 12.4. The van der Waals surface area contributed by atoms with Gasteiger partial charge in [-0.05, 0) is 26.0 Å². The molecule has 7 nitrogen and oxygen atoms in total. The fourth-order valence-corrected chi connectivity index (χ4v) is 3.70. The average molecular weight is 299 g/mol. The van der Waals surface area contributed by atoms with Gasteiger partial charge in [-0.15, -0.1) is 0 Å². The third-order valence-electron chi connectivity index (χ3n) is 3.08. The van der Waals surface area contributed by atoms with Crippen LogP contribution in [0.15, 0.2) is 27.7 Å². The molecular weight excluding hydrogens is 282 g/mol. The first-order valence-electron chi connectivity index (χ1n) is 6.03. The predicted octanol–water partition coefficient (Wildman–Crippen LogP) is 0.642. The molecule has 0 aliphatic carbocycles. The van der Waals surface area contributed by atoms with E-state index in [9.17, 15) is 13.5 Å². The quantitative estimate of drug-likeness (QED) is 0.844. The summed E-state index contributed by atoms with van der Waals surface area (Å²) in [5, 5.41) is 13.4. The van der Waals surface area contributed by atoms with Crippen LogP contribution in [0.5, 0.6) is 0 Å². The smallest absolute Gasteiger partial charge is 0.244 e. The van der Waals surface area contributed by atoms with Crippen molar-refractivity contribution >= 4 is 10.0 Å². The molecule has 0 aliphatic heterocycles. The van der Waals surface area contributed by atoms with Crippen LogP contribution in [0.1, 0.15) is 23.2 Å². The summed E-state index contributed by atoms with van der Waals surface area (Å²) in [5.41, 5.74) is 0.944. The van der Waals surface area contributed by atoms with Crippen LogP contribution in [0.2, 0.25) is 0 Å². The minimum atomic E-state index is -3.79. The van der Waals surface area contributed by atoms with E-state index < -0.39 is 22.7 Å². The molecule has 2 rings (SSSR count). The van der Waals surface area contributed by atoms with Gasteiger partial charge in [-0.25, -0.2) is 8.42 Å². The number of nitrogens with one attached hydrogen (secondary N) is 1. The standard InChI is InChI=1S/C12H17N3O4S/c1-8-12(9(2)15(3)13-8)20(17,18)14-10(7-16)11-5-4-6-19-11/h4-6,10,14,16H,7H2,1-3H3. The second-order valence-electron chi connectivity index (χ2n) is 4.50. The monoisotopic (exact) mass is 299 g/mol. The van der Waals surface area contributed by atoms with E-state index in [1.165, 1.54) is 10.9 Å². The van der Waals surface area contributed by atoms with Crippen molar-refractivity contribution in [3.8, 4) is 0 Å². The fourth-order valence-electron chi connectivity index (χ4n) is 2.06. The first kappa shape index (κ1) is 14.8. The molecule has 0 radical (unpaired) electrons. The normalized spacial score (nSPS) is 13.6. The molecule has 0 fully saturated rings. The third-order valence-corrected chi connectivity index (χ3v) is 4.80. The van der Waals surface area contributed by atoms with Gasteiger partial charge in [-0.2, -0.15) is 9.82 Å². The number of rotatable bonds is 5. The Morgan fingerprint density at radius 3 is 2.65 bits per heavy atom. The number of furan rings is 1. The zero-order valence-corrected chi connectivity index (χ0v) is 12.3. The van der Waals surface area contributed by atoms with E-state index in [4.69, 9.17) is 4.42 Å². The predicted molar refractivity (Wildman–Crippen MR) is 71.5 cm³/mol. The summed E-state index contributed by atoms with van der Waals surface area (Å²) >= 11 is 0. The Labute approximate surface area is 117 Å². The molecule has 0 saturated heterocycles. The summed E-state index contributed by atoms with van der Waals surface area (Å²) in [6.45, 7) is 2.91. The number of nitrogens with zero attached hydrogens (tertiary/aromatic N) is 2. The third kappa shape index (κ3) is 2.62. The lowest BCUT2D eigenvalue weighted by Gasteiger charge is -2.14. The van der Waals surface area contributed by atoms with Crippen LogP contribution in [0.4, 0.5) is 0 Å². The Morgan fingerprint density at radius 1 is 1.50 bits per heavy atom. The van der Waals surface area contributed by atoms with Crippen LogP contribution in [0.3, 0.4) is 0 Å². The topological polar surface area (TPSA) is 97.4 Å².